The Morgan fingerprint density at radius 3 is 3.16 bits per heavy atom. The summed E-state index contributed by atoms with van der Waals surface area (Å²) in [5.74, 6) is 2.66. The molecule has 0 unspecified atom stereocenters. The highest BCUT2D eigenvalue weighted by Gasteiger charge is 2.05. The third-order valence-electron chi connectivity index (χ3n) is 2.43. The van der Waals surface area contributed by atoms with Gasteiger partial charge in [-0.05, 0) is 12.1 Å². The highest BCUT2D eigenvalue weighted by atomic mass is 32.2. The Bertz CT molecular complexity index is 471. The zero-order chi connectivity index (χ0) is 14.1. The maximum Gasteiger partial charge on any atom is 0.209 e. The first-order valence-corrected chi connectivity index (χ1v) is 6.83. The molecule has 0 saturated carbocycles. The number of rotatable bonds is 6. The number of aromatic nitrogens is 1. The zero-order valence-electron chi connectivity index (χ0n) is 11.0. The molecule has 7 heteroatoms. The SMILES string of the molecule is COc1cccnc1CSCCN(C)C(N)=NC#N. The molecule has 0 aliphatic rings. The fourth-order valence-corrected chi connectivity index (χ4v) is 2.30. The van der Waals surface area contributed by atoms with Crippen LogP contribution in [0, 0.1) is 11.5 Å². The molecule has 6 nitrogen and oxygen atoms in total. The molecule has 0 atom stereocenters. The van der Waals surface area contributed by atoms with E-state index in [0.717, 1.165) is 29.5 Å². The first kappa shape index (κ1) is 15.1. The molecule has 1 heterocycles. The molecular weight excluding hydrogens is 262 g/mol. The topological polar surface area (TPSA) is 87.5 Å². The van der Waals surface area contributed by atoms with Gasteiger partial charge in [0, 0.05) is 31.3 Å². The second-order valence-electron chi connectivity index (χ2n) is 3.70. The van der Waals surface area contributed by atoms with Crippen LogP contribution in [0.2, 0.25) is 0 Å². The quantitative estimate of drug-likeness (QED) is 0.362. The number of nitriles is 1. The van der Waals surface area contributed by atoms with E-state index in [1.807, 2.05) is 12.1 Å². The Morgan fingerprint density at radius 1 is 1.68 bits per heavy atom. The molecule has 1 aromatic heterocycles. The van der Waals surface area contributed by atoms with Crippen LogP contribution in [0.3, 0.4) is 0 Å². The highest BCUT2D eigenvalue weighted by Crippen LogP contribution is 2.20. The van der Waals surface area contributed by atoms with Crippen molar-refractivity contribution in [2.45, 2.75) is 5.75 Å². The minimum absolute atomic E-state index is 0.235. The van der Waals surface area contributed by atoms with Crippen molar-refractivity contribution in [2.24, 2.45) is 10.7 Å². The van der Waals surface area contributed by atoms with Crippen LogP contribution < -0.4 is 10.5 Å². The molecule has 0 saturated heterocycles. The van der Waals surface area contributed by atoms with Crippen molar-refractivity contribution in [1.82, 2.24) is 9.88 Å². The molecule has 0 amide bonds. The van der Waals surface area contributed by atoms with Crippen LogP contribution in [0.15, 0.2) is 23.3 Å². The number of nitrogens with two attached hydrogens (primary N) is 1. The molecule has 0 aliphatic heterocycles. The van der Waals surface area contributed by atoms with Crippen LogP contribution in [0.25, 0.3) is 0 Å². The number of hydrogen-bond acceptors (Lipinski definition) is 5. The first-order valence-electron chi connectivity index (χ1n) is 5.68. The molecule has 0 fully saturated rings. The Balaban J connectivity index is 2.35. The summed E-state index contributed by atoms with van der Waals surface area (Å²) in [6.45, 7) is 0.719. The van der Waals surface area contributed by atoms with Crippen molar-refractivity contribution in [3.05, 3.63) is 24.0 Å². The van der Waals surface area contributed by atoms with E-state index >= 15 is 0 Å². The van der Waals surface area contributed by atoms with Crippen LogP contribution in [0.1, 0.15) is 5.69 Å². The molecule has 0 aromatic carbocycles. The predicted octanol–water partition coefficient (Wildman–Crippen LogP) is 1.05. The third kappa shape index (κ3) is 5.06. The Morgan fingerprint density at radius 2 is 2.47 bits per heavy atom. The minimum atomic E-state index is 0.235. The number of aliphatic imine (C=N–C) groups is 1. The van der Waals surface area contributed by atoms with Crippen molar-refractivity contribution in [3.8, 4) is 11.9 Å². The molecule has 0 spiro atoms. The van der Waals surface area contributed by atoms with E-state index in [1.54, 1.807) is 43.2 Å². The third-order valence-corrected chi connectivity index (χ3v) is 3.38. The number of ether oxygens (including phenoxy) is 1. The number of thioether (sulfide) groups is 1. The lowest BCUT2D eigenvalue weighted by Crippen LogP contribution is -2.35. The van der Waals surface area contributed by atoms with Gasteiger partial charge < -0.3 is 15.4 Å². The van der Waals surface area contributed by atoms with Crippen LogP contribution in [-0.2, 0) is 5.75 Å². The average molecular weight is 279 g/mol. The highest BCUT2D eigenvalue weighted by molar-refractivity contribution is 7.98. The monoisotopic (exact) mass is 279 g/mol. The van der Waals surface area contributed by atoms with Crippen molar-refractivity contribution in [3.63, 3.8) is 0 Å². The molecular formula is C12H17N5OS. The van der Waals surface area contributed by atoms with Gasteiger partial charge in [-0.1, -0.05) is 0 Å². The minimum Gasteiger partial charge on any atom is -0.495 e. The van der Waals surface area contributed by atoms with E-state index in [2.05, 4.69) is 9.98 Å². The van der Waals surface area contributed by atoms with E-state index < -0.39 is 0 Å². The number of pyridine rings is 1. The van der Waals surface area contributed by atoms with Gasteiger partial charge in [0.05, 0.1) is 12.8 Å². The van der Waals surface area contributed by atoms with Crippen molar-refractivity contribution in [1.29, 1.82) is 5.26 Å². The molecule has 2 N–H and O–H groups in total. The molecule has 1 rings (SSSR count). The fraction of sp³-hybridized carbons (Fsp3) is 0.417. The molecule has 102 valence electrons. The van der Waals surface area contributed by atoms with Gasteiger partial charge in [-0.3, -0.25) is 4.98 Å². The largest absolute Gasteiger partial charge is 0.495 e. The van der Waals surface area contributed by atoms with Crippen LogP contribution >= 0.6 is 11.8 Å². The van der Waals surface area contributed by atoms with E-state index in [1.165, 1.54) is 0 Å². The van der Waals surface area contributed by atoms with Gasteiger partial charge in [0.1, 0.15) is 5.75 Å². The van der Waals surface area contributed by atoms with E-state index in [4.69, 9.17) is 15.7 Å². The Hall–Kier alpha value is -1.94. The van der Waals surface area contributed by atoms with Crippen molar-refractivity contribution in [2.75, 3.05) is 26.5 Å². The van der Waals surface area contributed by atoms with E-state index in [0.29, 0.717) is 0 Å². The summed E-state index contributed by atoms with van der Waals surface area (Å²) in [7, 11) is 3.44. The predicted molar refractivity (Wildman–Crippen MR) is 76.8 cm³/mol. The number of hydrogen-bond donors (Lipinski definition) is 1. The summed E-state index contributed by atoms with van der Waals surface area (Å²) in [4.78, 5) is 9.49. The zero-order valence-corrected chi connectivity index (χ0v) is 11.9. The number of guanidine groups is 1. The normalized spacial score (nSPS) is 10.9. The molecule has 19 heavy (non-hydrogen) atoms. The molecule has 0 radical (unpaired) electrons. The maximum atomic E-state index is 8.39. The van der Waals surface area contributed by atoms with Crippen LogP contribution in [0.4, 0.5) is 0 Å². The van der Waals surface area contributed by atoms with Crippen LogP contribution in [0.5, 0.6) is 5.75 Å². The summed E-state index contributed by atoms with van der Waals surface area (Å²) in [5.41, 5.74) is 6.51. The lowest BCUT2D eigenvalue weighted by Gasteiger charge is -2.16. The first-order chi connectivity index (χ1) is 9.19. The molecule has 0 bridgehead atoms. The van der Waals surface area contributed by atoms with Crippen molar-refractivity contribution >= 4 is 17.7 Å². The van der Waals surface area contributed by atoms with Gasteiger partial charge in [-0.25, -0.2) is 0 Å². The summed E-state index contributed by atoms with van der Waals surface area (Å²) < 4.78 is 5.23. The number of methoxy groups -OCH3 is 1. The number of nitrogens with zero attached hydrogens (tertiary/aromatic N) is 4. The summed E-state index contributed by atoms with van der Waals surface area (Å²) in [6.07, 6.45) is 3.42. The molecule has 0 aliphatic carbocycles. The summed E-state index contributed by atoms with van der Waals surface area (Å²) in [6, 6.07) is 3.74. The van der Waals surface area contributed by atoms with Crippen LogP contribution in [-0.4, -0.2) is 42.3 Å². The fourth-order valence-electron chi connectivity index (χ4n) is 1.34. The van der Waals surface area contributed by atoms with Gasteiger partial charge in [0.15, 0.2) is 0 Å². The standard InChI is InChI=1S/C12H17N5OS/c1-17(12(14)16-9-13)6-7-19-8-10-11(18-2)4-3-5-15-10/h3-5H,6-8H2,1-2H3,(H2,14,16). The Labute approximate surface area is 117 Å². The van der Waals surface area contributed by atoms with Gasteiger partial charge in [0.25, 0.3) is 0 Å². The van der Waals surface area contributed by atoms with Crippen molar-refractivity contribution < 1.29 is 4.74 Å². The van der Waals surface area contributed by atoms with Gasteiger partial charge in [-0.2, -0.15) is 17.0 Å². The Kier molecular flexibility index (Phi) is 6.53. The summed E-state index contributed by atoms with van der Waals surface area (Å²) in [5, 5.41) is 8.39. The maximum absolute atomic E-state index is 8.39. The summed E-state index contributed by atoms with van der Waals surface area (Å²) >= 11 is 1.72. The lowest BCUT2D eigenvalue weighted by atomic mass is 10.3. The van der Waals surface area contributed by atoms with E-state index in [-0.39, 0.29) is 5.96 Å². The lowest BCUT2D eigenvalue weighted by molar-refractivity contribution is 0.409. The van der Waals surface area contributed by atoms with Gasteiger partial charge >= 0.3 is 0 Å². The van der Waals surface area contributed by atoms with Gasteiger partial charge in [-0.15, -0.1) is 4.99 Å². The smallest absolute Gasteiger partial charge is 0.209 e. The second kappa shape index (κ2) is 8.21. The van der Waals surface area contributed by atoms with E-state index in [9.17, 15) is 0 Å². The second-order valence-corrected chi connectivity index (χ2v) is 4.80. The average Bonchev–Trinajstić information content (AvgIpc) is 2.44. The van der Waals surface area contributed by atoms with Gasteiger partial charge in [0.2, 0.25) is 12.2 Å². The molecule has 1 aromatic rings.